The van der Waals surface area contributed by atoms with Crippen LogP contribution >= 0.6 is 23.2 Å². The second-order valence-corrected chi connectivity index (χ2v) is 7.77. The fraction of sp³-hybridized carbons (Fsp3) is 0.368. The minimum Gasteiger partial charge on any atom is -0.469 e. The number of carbonyl (C=O) groups excluding carboxylic acids is 2. The molecule has 0 saturated carbocycles. The summed E-state index contributed by atoms with van der Waals surface area (Å²) in [6.45, 7) is 5.05. The molecule has 1 aliphatic rings. The fourth-order valence-corrected chi connectivity index (χ4v) is 2.83. The average molecular weight is 439 g/mol. The van der Waals surface area contributed by atoms with Crippen molar-refractivity contribution in [2.45, 2.75) is 20.0 Å². The number of pyridine rings is 2. The third-order valence-electron chi connectivity index (χ3n) is 3.98. The molecule has 8 nitrogen and oxygen atoms in total. The summed E-state index contributed by atoms with van der Waals surface area (Å²) < 4.78 is 11.0. The van der Waals surface area contributed by atoms with E-state index in [1.54, 1.807) is 4.90 Å². The second-order valence-electron chi connectivity index (χ2n) is 6.94. The Morgan fingerprint density at radius 2 is 2.03 bits per heavy atom. The van der Waals surface area contributed by atoms with Gasteiger partial charge in [-0.25, -0.2) is 14.8 Å². The molecule has 0 bridgehead atoms. The van der Waals surface area contributed by atoms with E-state index in [0.717, 1.165) is 0 Å². The van der Waals surface area contributed by atoms with E-state index >= 15 is 0 Å². The van der Waals surface area contributed by atoms with Gasteiger partial charge >= 0.3 is 6.09 Å². The molecule has 29 heavy (non-hydrogen) atoms. The number of ether oxygens (including phenoxy) is 2. The van der Waals surface area contributed by atoms with Crippen molar-refractivity contribution in [1.82, 2.24) is 14.9 Å². The average Bonchev–Trinajstić information content (AvgIpc) is 2.63. The van der Waals surface area contributed by atoms with Gasteiger partial charge in [0.15, 0.2) is 0 Å². The van der Waals surface area contributed by atoms with Crippen LogP contribution in [0.4, 0.5) is 10.5 Å². The van der Waals surface area contributed by atoms with Gasteiger partial charge in [0.05, 0.1) is 24.7 Å². The molecule has 0 spiro atoms. The first-order valence-corrected chi connectivity index (χ1v) is 9.74. The fourth-order valence-electron chi connectivity index (χ4n) is 2.50. The van der Waals surface area contributed by atoms with Crippen LogP contribution in [-0.2, 0) is 4.74 Å². The summed E-state index contributed by atoms with van der Waals surface area (Å²) >= 11 is 11.8. The summed E-state index contributed by atoms with van der Waals surface area (Å²) in [5.74, 6) is 0.0748. The van der Waals surface area contributed by atoms with Crippen LogP contribution in [0.2, 0.25) is 10.2 Å². The van der Waals surface area contributed by atoms with E-state index in [-0.39, 0.29) is 29.1 Å². The summed E-state index contributed by atoms with van der Waals surface area (Å²) in [4.78, 5) is 33.9. The summed E-state index contributed by atoms with van der Waals surface area (Å²) in [5, 5.41) is 3.26. The Kier molecular flexibility index (Phi) is 6.76. The SMILES string of the molecule is CC(C)COC(=O)N1CC(Oc2ncc(Cl)cc2NC(=O)c2ccnc(Cl)c2)C1. The van der Waals surface area contributed by atoms with E-state index < -0.39 is 5.91 Å². The van der Waals surface area contributed by atoms with E-state index in [1.165, 1.54) is 30.6 Å². The van der Waals surface area contributed by atoms with Crippen LogP contribution in [0.1, 0.15) is 24.2 Å². The number of nitrogens with one attached hydrogen (secondary N) is 1. The van der Waals surface area contributed by atoms with E-state index in [2.05, 4.69) is 15.3 Å². The lowest BCUT2D eigenvalue weighted by atomic mass is 10.2. The number of rotatable bonds is 6. The predicted molar refractivity (Wildman–Crippen MR) is 109 cm³/mol. The molecule has 1 aliphatic heterocycles. The normalized spacial score (nSPS) is 13.8. The molecule has 0 atom stereocenters. The van der Waals surface area contributed by atoms with Gasteiger partial charge in [0.25, 0.3) is 5.91 Å². The minimum atomic E-state index is -0.407. The first-order valence-electron chi connectivity index (χ1n) is 8.98. The maximum absolute atomic E-state index is 12.5. The van der Waals surface area contributed by atoms with Crippen molar-refractivity contribution < 1.29 is 19.1 Å². The first kappa shape index (κ1) is 21.1. The van der Waals surface area contributed by atoms with Crippen LogP contribution in [0.25, 0.3) is 0 Å². The van der Waals surface area contributed by atoms with Gasteiger partial charge < -0.3 is 19.7 Å². The number of nitrogens with zero attached hydrogens (tertiary/aromatic N) is 3. The molecule has 0 radical (unpaired) electrons. The van der Waals surface area contributed by atoms with Crippen molar-refractivity contribution >= 4 is 40.9 Å². The number of hydrogen-bond donors (Lipinski definition) is 1. The van der Waals surface area contributed by atoms with Gasteiger partial charge in [0.2, 0.25) is 5.88 Å². The monoisotopic (exact) mass is 438 g/mol. The van der Waals surface area contributed by atoms with Crippen LogP contribution in [0, 0.1) is 5.92 Å². The van der Waals surface area contributed by atoms with Crippen LogP contribution in [0.3, 0.4) is 0 Å². The van der Waals surface area contributed by atoms with Crippen LogP contribution < -0.4 is 10.1 Å². The highest BCUT2D eigenvalue weighted by Gasteiger charge is 2.34. The number of anilines is 1. The summed E-state index contributed by atoms with van der Waals surface area (Å²) in [5.41, 5.74) is 0.648. The molecule has 2 aromatic heterocycles. The Bertz CT molecular complexity index is 904. The molecular weight excluding hydrogens is 419 g/mol. The Hall–Kier alpha value is -2.58. The molecule has 10 heteroatoms. The Balaban J connectivity index is 1.61. The smallest absolute Gasteiger partial charge is 0.410 e. The molecule has 0 aliphatic carbocycles. The van der Waals surface area contributed by atoms with Crippen LogP contribution in [0.5, 0.6) is 5.88 Å². The molecule has 1 saturated heterocycles. The van der Waals surface area contributed by atoms with Crippen molar-refractivity contribution in [2.24, 2.45) is 5.92 Å². The highest BCUT2D eigenvalue weighted by molar-refractivity contribution is 6.31. The number of amides is 2. The molecule has 154 valence electrons. The van der Waals surface area contributed by atoms with Crippen LogP contribution in [-0.4, -0.2) is 52.7 Å². The predicted octanol–water partition coefficient (Wildman–Crippen LogP) is 3.89. The molecule has 3 heterocycles. The van der Waals surface area contributed by atoms with Gasteiger partial charge in [0, 0.05) is 18.0 Å². The van der Waals surface area contributed by atoms with Crippen molar-refractivity contribution in [3.05, 3.63) is 46.3 Å². The number of carbonyl (C=O) groups is 2. The molecule has 0 unspecified atom stereocenters. The van der Waals surface area contributed by atoms with Gasteiger partial charge in [-0.2, -0.15) is 0 Å². The van der Waals surface area contributed by atoms with E-state index in [0.29, 0.717) is 36.0 Å². The molecular formula is C19H20Cl2N4O4. The maximum Gasteiger partial charge on any atom is 0.410 e. The number of likely N-dealkylation sites (tertiary alicyclic amines) is 1. The number of aromatic nitrogens is 2. The third-order valence-corrected chi connectivity index (χ3v) is 4.39. The first-order chi connectivity index (χ1) is 13.8. The van der Waals surface area contributed by atoms with Crippen molar-refractivity contribution in [3.8, 4) is 5.88 Å². The van der Waals surface area contributed by atoms with Gasteiger partial charge in [-0.15, -0.1) is 0 Å². The molecule has 2 aromatic rings. The summed E-state index contributed by atoms with van der Waals surface area (Å²) in [6, 6.07) is 4.52. The van der Waals surface area contributed by atoms with Gasteiger partial charge in [-0.1, -0.05) is 37.0 Å². The Labute approximate surface area is 178 Å². The molecule has 1 fully saturated rings. The largest absolute Gasteiger partial charge is 0.469 e. The zero-order valence-electron chi connectivity index (χ0n) is 15.9. The lowest BCUT2D eigenvalue weighted by Gasteiger charge is -2.38. The van der Waals surface area contributed by atoms with Crippen LogP contribution in [0.15, 0.2) is 30.6 Å². The number of halogens is 2. The Morgan fingerprint density at radius 3 is 2.72 bits per heavy atom. The lowest BCUT2D eigenvalue weighted by Crippen LogP contribution is -2.56. The minimum absolute atomic E-state index is 0.206. The van der Waals surface area contributed by atoms with E-state index in [1.807, 2.05) is 13.8 Å². The quantitative estimate of drug-likeness (QED) is 0.687. The molecule has 3 rings (SSSR count). The summed E-state index contributed by atoms with van der Waals surface area (Å²) in [6.07, 6.45) is 2.22. The zero-order valence-corrected chi connectivity index (χ0v) is 17.4. The van der Waals surface area contributed by atoms with Gasteiger partial charge in [-0.3, -0.25) is 4.79 Å². The highest BCUT2D eigenvalue weighted by Crippen LogP contribution is 2.28. The molecule has 0 aromatic carbocycles. The number of hydrogen-bond acceptors (Lipinski definition) is 6. The summed E-state index contributed by atoms with van der Waals surface area (Å²) in [7, 11) is 0. The van der Waals surface area contributed by atoms with Gasteiger partial charge in [-0.05, 0) is 24.1 Å². The van der Waals surface area contributed by atoms with Crippen molar-refractivity contribution in [2.75, 3.05) is 25.0 Å². The second kappa shape index (κ2) is 9.28. The maximum atomic E-state index is 12.5. The molecule has 1 N–H and O–H groups in total. The topological polar surface area (TPSA) is 93.6 Å². The third kappa shape index (κ3) is 5.71. The highest BCUT2D eigenvalue weighted by atomic mass is 35.5. The van der Waals surface area contributed by atoms with E-state index in [9.17, 15) is 9.59 Å². The van der Waals surface area contributed by atoms with Crippen molar-refractivity contribution in [3.63, 3.8) is 0 Å². The standard InChI is InChI=1S/C19H20Cl2N4O4/c1-11(2)10-28-19(27)25-8-14(9-25)29-18-15(6-13(20)7-23-18)24-17(26)12-3-4-22-16(21)5-12/h3-7,11,14H,8-10H2,1-2H3,(H,24,26). The zero-order chi connectivity index (χ0) is 21.0. The molecule has 2 amide bonds. The lowest BCUT2D eigenvalue weighted by molar-refractivity contribution is 0.00653. The van der Waals surface area contributed by atoms with E-state index in [4.69, 9.17) is 32.7 Å². The van der Waals surface area contributed by atoms with Crippen molar-refractivity contribution in [1.29, 1.82) is 0 Å². The van der Waals surface area contributed by atoms with Gasteiger partial charge in [0.1, 0.15) is 16.9 Å². The Morgan fingerprint density at radius 1 is 1.28 bits per heavy atom.